The fourth-order valence-electron chi connectivity index (χ4n) is 3.81. The van der Waals surface area contributed by atoms with Crippen molar-refractivity contribution in [3.8, 4) is 11.1 Å². The van der Waals surface area contributed by atoms with Crippen LogP contribution in [-0.2, 0) is 16.6 Å². The van der Waals surface area contributed by atoms with Crippen molar-refractivity contribution in [2.24, 2.45) is 0 Å². The molecule has 0 aliphatic rings. The molecule has 0 fully saturated rings. The van der Waals surface area contributed by atoms with E-state index in [0.29, 0.717) is 12.8 Å². The zero-order valence-corrected chi connectivity index (χ0v) is 17.1. The van der Waals surface area contributed by atoms with Crippen LogP contribution in [0.4, 0.5) is 0 Å². The Labute approximate surface area is 171 Å². The first kappa shape index (κ1) is 19.1. The predicted octanol–water partition coefficient (Wildman–Crippen LogP) is 6.28. The summed E-state index contributed by atoms with van der Waals surface area (Å²) < 4.78 is 5.42. The number of rotatable bonds is 6. The molecule has 0 saturated heterocycles. The van der Waals surface area contributed by atoms with E-state index in [4.69, 9.17) is 4.42 Å². The van der Waals surface area contributed by atoms with E-state index in [2.05, 4.69) is 49.2 Å². The summed E-state index contributed by atoms with van der Waals surface area (Å²) in [6.07, 6.45) is 4.48. The van der Waals surface area contributed by atoms with Gasteiger partial charge >= 0.3 is 0 Å². The monoisotopic (exact) mass is 383 g/mol. The molecule has 2 heterocycles. The minimum Gasteiger partial charge on any atom is -0.464 e. The number of pyridine rings is 1. The molecule has 4 rings (SSSR count). The summed E-state index contributed by atoms with van der Waals surface area (Å²) in [6, 6.07) is 20.5. The van der Waals surface area contributed by atoms with E-state index in [9.17, 15) is 4.79 Å². The predicted molar refractivity (Wildman–Crippen MR) is 117 cm³/mol. The number of aryl methyl sites for hydroxylation is 1. The van der Waals surface area contributed by atoms with Gasteiger partial charge in [-0.05, 0) is 64.9 Å². The minimum absolute atomic E-state index is 0.225. The second-order valence-corrected chi connectivity index (χ2v) is 8.33. The van der Waals surface area contributed by atoms with Crippen molar-refractivity contribution in [3.05, 3.63) is 89.9 Å². The summed E-state index contributed by atoms with van der Waals surface area (Å²) in [6.45, 7) is 6.24. The highest BCUT2D eigenvalue weighted by atomic mass is 16.3. The van der Waals surface area contributed by atoms with E-state index in [1.807, 2.05) is 43.5 Å². The maximum Gasteiger partial charge on any atom is 0.138 e. The Hall–Kier alpha value is -3.20. The Balaban J connectivity index is 1.44. The molecule has 146 valence electrons. The largest absolute Gasteiger partial charge is 0.464 e. The number of fused-ring (bicyclic) bond motifs is 1. The number of benzene rings is 2. The zero-order chi connectivity index (χ0) is 20.4. The van der Waals surface area contributed by atoms with Gasteiger partial charge < -0.3 is 4.42 Å². The van der Waals surface area contributed by atoms with E-state index in [1.54, 1.807) is 6.26 Å². The van der Waals surface area contributed by atoms with Gasteiger partial charge in [-0.25, -0.2) is 0 Å². The number of Topliss-reactive ketones (excluding diaryl/α,β-unsaturated/α-hetero) is 1. The molecule has 0 aliphatic heterocycles. The summed E-state index contributed by atoms with van der Waals surface area (Å²) in [7, 11) is 0. The van der Waals surface area contributed by atoms with Crippen LogP contribution >= 0.6 is 0 Å². The quantitative estimate of drug-likeness (QED) is 0.393. The van der Waals surface area contributed by atoms with Crippen molar-refractivity contribution < 1.29 is 9.21 Å². The Morgan fingerprint density at radius 2 is 1.76 bits per heavy atom. The highest BCUT2D eigenvalue weighted by Gasteiger charge is 2.24. The van der Waals surface area contributed by atoms with Gasteiger partial charge in [-0.15, -0.1) is 0 Å². The summed E-state index contributed by atoms with van der Waals surface area (Å²) in [5.74, 6) is 0.245. The van der Waals surface area contributed by atoms with Crippen molar-refractivity contribution in [1.29, 1.82) is 0 Å². The van der Waals surface area contributed by atoms with Crippen LogP contribution in [0.15, 0.2) is 77.5 Å². The topological polar surface area (TPSA) is 43.1 Å². The van der Waals surface area contributed by atoms with Gasteiger partial charge in [0.2, 0.25) is 0 Å². The molecule has 0 atom stereocenters. The first-order chi connectivity index (χ1) is 13.9. The molecule has 2 aromatic heterocycles. The van der Waals surface area contributed by atoms with E-state index in [-0.39, 0.29) is 11.2 Å². The number of carbonyl (C=O) groups excluding carboxylic acids is 1. The van der Waals surface area contributed by atoms with E-state index in [0.717, 1.165) is 38.9 Å². The number of carbonyl (C=O) groups is 1. The first-order valence-corrected chi connectivity index (χ1v) is 9.92. The average Bonchev–Trinajstić information content (AvgIpc) is 3.16. The van der Waals surface area contributed by atoms with Gasteiger partial charge in [0.25, 0.3) is 0 Å². The molecule has 0 radical (unpaired) electrons. The number of hydrogen-bond acceptors (Lipinski definition) is 3. The zero-order valence-electron chi connectivity index (χ0n) is 17.1. The van der Waals surface area contributed by atoms with Crippen molar-refractivity contribution in [1.82, 2.24) is 4.98 Å². The summed E-state index contributed by atoms with van der Waals surface area (Å²) >= 11 is 0. The third kappa shape index (κ3) is 4.29. The van der Waals surface area contributed by atoms with Crippen molar-refractivity contribution in [2.75, 3.05) is 0 Å². The molecular formula is C26H25NO2. The van der Waals surface area contributed by atoms with E-state index >= 15 is 0 Å². The Kier molecular flexibility index (Phi) is 5.06. The summed E-state index contributed by atoms with van der Waals surface area (Å²) in [4.78, 5) is 17.0. The van der Waals surface area contributed by atoms with Gasteiger partial charge in [0, 0.05) is 30.1 Å². The molecule has 4 aromatic rings. The molecule has 0 spiro atoms. The van der Waals surface area contributed by atoms with Crippen molar-refractivity contribution >= 4 is 16.8 Å². The van der Waals surface area contributed by atoms with Crippen LogP contribution in [0.1, 0.15) is 37.1 Å². The SMILES string of the molecule is Cc1cc(-c2ccc(CC(=O)CC(C)(C)c3ccc4occc4c3)cc2)ccn1. The summed E-state index contributed by atoms with van der Waals surface area (Å²) in [5.41, 5.74) is 6.13. The Morgan fingerprint density at radius 3 is 2.52 bits per heavy atom. The molecule has 0 bridgehead atoms. The molecule has 29 heavy (non-hydrogen) atoms. The minimum atomic E-state index is -0.225. The van der Waals surface area contributed by atoms with Gasteiger partial charge in [-0.2, -0.15) is 0 Å². The van der Waals surface area contributed by atoms with E-state index < -0.39 is 0 Å². The van der Waals surface area contributed by atoms with Crippen LogP contribution in [0.5, 0.6) is 0 Å². The maximum atomic E-state index is 12.8. The average molecular weight is 383 g/mol. The lowest BCUT2D eigenvalue weighted by atomic mass is 9.79. The van der Waals surface area contributed by atoms with Crippen LogP contribution < -0.4 is 0 Å². The normalized spacial score (nSPS) is 11.7. The number of aromatic nitrogens is 1. The van der Waals surface area contributed by atoms with Gasteiger partial charge in [-0.3, -0.25) is 9.78 Å². The number of ketones is 1. The molecule has 0 N–H and O–H groups in total. The van der Waals surface area contributed by atoms with E-state index in [1.165, 1.54) is 0 Å². The Morgan fingerprint density at radius 1 is 0.966 bits per heavy atom. The van der Waals surface area contributed by atoms with Crippen LogP contribution in [0, 0.1) is 6.92 Å². The van der Waals surface area contributed by atoms with Gasteiger partial charge in [-0.1, -0.05) is 44.2 Å². The smallest absolute Gasteiger partial charge is 0.138 e. The lowest BCUT2D eigenvalue weighted by Crippen LogP contribution is -2.22. The van der Waals surface area contributed by atoms with Crippen LogP contribution in [-0.4, -0.2) is 10.8 Å². The third-order valence-electron chi connectivity index (χ3n) is 5.46. The number of furan rings is 1. The van der Waals surface area contributed by atoms with Crippen LogP contribution in [0.3, 0.4) is 0 Å². The highest BCUT2D eigenvalue weighted by molar-refractivity contribution is 5.83. The fourth-order valence-corrected chi connectivity index (χ4v) is 3.81. The molecule has 3 nitrogen and oxygen atoms in total. The Bertz CT molecular complexity index is 1150. The lowest BCUT2D eigenvalue weighted by Gasteiger charge is -2.24. The lowest BCUT2D eigenvalue weighted by molar-refractivity contribution is -0.119. The van der Waals surface area contributed by atoms with Crippen LogP contribution in [0.25, 0.3) is 22.1 Å². The first-order valence-electron chi connectivity index (χ1n) is 9.92. The van der Waals surface area contributed by atoms with Crippen molar-refractivity contribution in [3.63, 3.8) is 0 Å². The summed E-state index contributed by atoms with van der Waals surface area (Å²) in [5, 5.41) is 1.07. The number of hydrogen-bond donors (Lipinski definition) is 0. The standard InChI is InChI=1S/C26H25NO2/c1-18-14-21(10-12-27-18)20-6-4-19(5-7-20)15-24(28)17-26(2,3)23-8-9-25-22(16-23)11-13-29-25/h4-14,16H,15,17H2,1-3H3. The van der Waals surface area contributed by atoms with Gasteiger partial charge in [0.1, 0.15) is 11.4 Å². The molecule has 2 aromatic carbocycles. The molecule has 3 heteroatoms. The fraction of sp³-hybridized carbons (Fsp3) is 0.231. The number of nitrogens with zero attached hydrogens (tertiary/aromatic N) is 1. The van der Waals surface area contributed by atoms with Gasteiger partial charge in [0.15, 0.2) is 0 Å². The molecule has 0 amide bonds. The molecule has 0 unspecified atom stereocenters. The highest BCUT2D eigenvalue weighted by Crippen LogP contribution is 2.31. The second-order valence-electron chi connectivity index (χ2n) is 8.33. The van der Waals surface area contributed by atoms with Crippen molar-refractivity contribution in [2.45, 2.75) is 39.0 Å². The second kappa shape index (κ2) is 7.67. The molecule has 0 saturated carbocycles. The maximum absolute atomic E-state index is 12.8. The molecule has 0 aliphatic carbocycles. The molecular weight excluding hydrogens is 358 g/mol. The third-order valence-corrected chi connectivity index (χ3v) is 5.46. The van der Waals surface area contributed by atoms with Gasteiger partial charge in [0.05, 0.1) is 6.26 Å². The van der Waals surface area contributed by atoms with Crippen LogP contribution in [0.2, 0.25) is 0 Å².